The minimum atomic E-state index is 0.873. The van der Waals surface area contributed by atoms with Crippen LogP contribution in [0.5, 0.6) is 0 Å². The van der Waals surface area contributed by atoms with Crippen LogP contribution in [0.4, 0.5) is 0 Å². The summed E-state index contributed by atoms with van der Waals surface area (Å²) in [7, 11) is 0. The number of hydrogen-bond acceptors (Lipinski definition) is 2. The van der Waals surface area contributed by atoms with Gasteiger partial charge in [0.2, 0.25) is 0 Å². The molecule has 0 aromatic rings. The van der Waals surface area contributed by atoms with E-state index < -0.39 is 0 Å². The first-order valence-electron chi connectivity index (χ1n) is 2.69. The third-order valence-corrected chi connectivity index (χ3v) is 1.22. The highest BCUT2D eigenvalue weighted by Crippen LogP contribution is 2.13. The second-order valence-electron chi connectivity index (χ2n) is 1.75. The van der Waals surface area contributed by atoms with Crippen LogP contribution < -0.4 is 5.73 Å². The standard InChI is InChI=1S/C7H8N2/c8-4-6-2-1-3-7(6)5-9/h1-5,8H,9H2. The van der Waals surface area contributed by atoms with Gasteiger partial charge in [0.1, 0.15) is 0 Å². The summed E-state index contributed by atoms with van der Waals surface area (Å²) in [4.78, 5) is 0. The Hall–Kier alpha value is -1.31. The van der Waals surface area contributed by atoms with Crippen molar-refractivity contribution in [1.29, 1.82) is 5.41 Å². The summed E-state index contributed by atoms with van der Waals surface area (Å²) < 4.78 is 0. The summed E-state index contributed by atoms with van der Waals surface area (Å²) in [6.45, 7) is 0. The fraction of sp³-hybridized carbons (Fsp3) is 0. The monoisotopic (exact) mass is 120 g/mol. The molecule has 1 rings (SSSR count). The lowest BCUT2D eigenvalue weighted by atomic mass is 10.2. The van der Waals surface area contributed by atoms with Crippen molar-refractivity contribution in [2.24, 2.45) is 5.73 Å². The summed E-state index contributed by atoms with van der Waals surface area (Å²) in [5.41, 5.74) is 7.04. The second kappa shape index (κ2) is 2.31. The first-order chi connectivity index (χ1) is 4.38. The van der Waals surface area contributed by atoms with Crippen LogP contribution in [0.15, 0.2) is 35.6 Å². The van der Waals surface area contributed by atoms with E-state index in [2.05, 4.69) is 0 Å². The SMILES string of the molecule is N=CC1=CC=CC1=CN. The van der Waals surface area contributed by atoms with Gasteiger partial charge in [0.25, 0.3) is 0 Å². The Morgan fingerprint density at radius 1 is 1.56 bits per heavy atom. The normalized spacial score (nSPS) is 20.4. The highest BCUT2D eigenvalue weighted by atomic mass is 14.5. The molecule has 0 fully saturated rings. The van der Waals surface area contributed by atoms with Gasteiger partial charge in [-0.25, -0.2) is 0 Å². The second-order valence-corrected chi connectivity index (χ2v) is 1.75. The minimum Gasteiger partial charge on any atom is -0.404 e. The van der Waals surface area contributed by atoms with Crippen molar-refractivity contribution < 1.29 is 0 Å². The van der Waals surface area contributed by atoms with Gasteiger partial charge >= 0.3 is 0 Å². The lowest BCUT2D eigenvalue weighted by molar-refractivity contribution is 1.49. The van der Waals surface area contributed by atoms with Gasteiger partial charge in [-0.3, -0.25) is 0 Å². The van der Waals surface area contributed by atoms with Gasteiger partial charge in [-0.15, -0.1) is 0 Å². The molecule has 0 aromatic carbocycles. The van der Waals surface area contributed by atoms with E-state index in [1.165, 1.54) is 12.4 Å². The molecule has 0 saturated carbocycles. The van der Waals surface area contributed by atoms with Crippen LogP contribution in [0.25, 0.3) is 0 Å². The van der Waals surface area contributed by atoms with Gasteiger partial charge in [0, 0.05) is 18.0 Å². The van der Waals surface area contributed by atoms with Crippen LogP contribution in [-0.2, 0) is 0 Å². The zero-order valence-electron chi connectivity index (χ0n) is 4.96. The molecule has 0 unspecified atom stereocenters. The number of rotatable bonds is 1. The Labute approximate surface area is 53.9 Å². The number of allylic oxidation sites excluding steroid dienone is 5. The minimum absolute atomic E-state index is 0.873. The molecule has 0 radical (unpaired) electrons. The van der Waals surface area contributed by atoms with E-state index >= 15 is 0 Å². The van der Waals surface area contributed by atoms with Crippen molar-refractivity contribution in [3.05, 3.63) is 35.6 Å². The maximum Gasteiger partial charge on any atom is 0.0256 e. The van der Waals surface area contributed by atoms with Crippen LogP contribution in [0.1, 0.15) is 0 Å². The smallest absolute Gasteiger partial charge is 0.0256 e. The van der Waals surface area contributed by atoms with Crippen molar-refractivity contribution in [2.75, 3.05) is 0 Å². The highest BCUT2D eigenvalue weighted by molar-refractivity contribution is 5.85. The van der Waals surface area contributed by atoms with Gasteiger partial charge in [0.05, 0.1) is 0 Å². The fourth-order valence-electron chi connectivity index (χ4n) is 0.731. The van der Waals surface area contributed by atoms with E-state index in [0.717, 1.165) is 11.1 Å². The molecular weight excluding hydrogens is 112 g/mol. The number of hydrogen-bond donors (Lipinski definition) is 2. The quantitative estimate of drug-likeness (QED) is 0.498. The maximum atomic E-state index is 6.90. The van der Waals surface area contributed by atoms with Crippen LogP contribution in [-0.4, -0.2) is 6.21 Å². The Kier molecular flexibility index (Phi) is 1.49. The summed E-state index contributed by atoms with van der Waals surface area (Å²) in [5, 5.41) is 6.90. The van der Waals surface area contributed by atoms with Crippen molar-refractivity contribution in [3.8, 4) is 0 Å². The Balaban J connectivity index is 2.91. The van der Waals surface area contributed by atoms with E-state index in [4.69, 9.17) is 11.1 Å². The Morgan fingerprint density at radius 2 is 2.33 bits per heavy atom. The molecule has 0 spiro atoms. The molecule has 0 amide bonds. The predicted octanol–water partition coefficient (Wildman–Crippen LogP) is 0.975. The number of nitrogens with two attached hydrogens (primary N) is 1. The Morgan fingerprint density at radius 3 is 2.78 bits per heavy atom. The van der Waals surface area contributed by atoms with Crippen molar-refractivity contribution in [1.82, 2.24) is 0 Å². The first kappa shape index (κ1) is 5.82. The summed E-state index contributed by atoms with van der Waals surface area (Å²) >= 11 is 0. The molecular formula is C7H8N2. The van der Waals surface area contributed by atoms with Gasteiger partial charge in [-0.1, -0.05) is 18.2 Å². The average molecular weight is 120 g/mol. The van der Waals surface area contributed by atoms with Gasteiger partial charge < -0.3 is 11.1 Å². The van der Waals surface area contributed by atoms with Crippen molar-refractivity contribution >= 4 is 6.21 Å². The predicted molar refractivity (Wildman–Crippen MR) is 38.3 cm³/mol. The third kappa shape index (κ3) is 0.914. The lowest BCUT2D eigenvalue weighted by Crippen LogP contribution is -1.88. The zero-order valence-corrected chi connectivity index (χ0v) is 4.96. The molecule has 0 bridgehead atoms. The van der Waals surface area contributed by atoms with Crippen LogP contribution in [0.2, 0.25) is 0 Å². The van der Waals surface area contributed by atoms with Crippen LogP contribution in [0.3, 0.4) is 0 Å². The zero-order chi connectivity index (χ0) is 6.69. The molecule has 46 valence electrons. The molecule has 0 atom stereocenters. The van der Waals surface area contributed by atoms with E-state index in [9.17, 15) is 0 Å². The molecule has 9 heavy (non-hydrogen) atoms. The molecule has 1 aliphatic rings. The molecule has 2 nitrogen and oxygen atoms in total. The van der Waals surface area contributed by atoms with E-state index in [1.807, 2.05) is 18.2 Å². The van der Waals surface area contributed by atoms with Gasteiger partial charge in [-0.2, -0.15) is 0 Å². The van der Waals surface area contributed by atoms with Crippen molar-refractivity contribution in [3.63, 3.8) is 0 Å². The molecule has 2 heteroatoms. The topological polar surface area (TPSA) is 49.9 Å². The fourth-order valence-corrected chi connectivity index (χ4v) is 0.731. The number of nitrogens with one attached hydrogen (secondary N) is 1. The lowest BCUT2D eigenvalue weighted by Gasteiger charge is -1.91. The molecule has 0 heterocycles. The third-order valence-electron chi connectivity index (χ3n) is 1.22. The molecule has 0 aromatic heterocycles. The maximum absolute atomic E-state index is 6.90. The van der Waals surface area contributed by atoms with E-state index in [0.29, 0.717) is 0 Å². The van der Waals surface area contributed by atoms with Gasteiger partial charge in [0.15, 0.2) is 0 Å². The van der Waals surface area contributed by atoms with Gasteiger partial charge in [-0.05, 0) is 5.57 Å². The highest BCUT2D eigenvalue weighted by Gasteiger charge is 2.00. The van der Waals surface area contributed by atoms with Crippen molar-refractivity contribution in [2.45, 2.75) is 0 Å². The van der Waals surface area contributed by atoms with E-state index in [-0.39, 0.29) is 0 Å². The summed E-state index contributed by atoms with van der Waals surface area (Å²) in [5.74, 6) is 0. The summed E-state index contributed by atoms with van der Waals surface area (Å²) in [6.07, 6.45) is 8.39. The van der Waals surface area contributed by atoms with E-state index in [1.54, 1.807) is 0 Å². The Bertz CT molecular complexity index is 209. The first-order valence-corrected chi connectivity index (χ1v) is 2.69. The average Bonchev–Trinajstić information content (AvgIpc) is 2.33. The molecule has 3 N–H and O–H groups in total. The molecule has 1 aliphatic carbocycles. The molecule has 0 saturated heterocycles. The molecule has 0 aliphatic heterocycles. The largest absolute Gasteiger partial charge is 0.404 e. The summed E-state index contributed by atoms with van der Waals surface area (Å²) in [6, 6.07) is 0. The van der Waals surface area contributed by atoms with Crippen LogP contribution >= 0.6 is 0 Å². The van der Waals surface area contributed by atoms with Crippen LogP contribution in [0, 0.1) is 5.41 Å².